The van der Waals surface area contributed by atoms with Crippen LogP contribution in [-0.2, 0) is 6.42 Å². The highest BCUT2D eigenvalue weighted by molar-refractivity contribution is 5.89. The molecule has 0 saturated carbocycles. The van der Waals surface area contributed by atoms with Gasteiger partial charge in [0.1, 0.15) is 5.82 Å². The van der Waals surface area contributed by atoms with E-state index < -0.39 is 5.97 Å². The third-order valence-corrected chi connectivity index (χ3v) is 2.37. The van der Waals surface area contributed by atoms with Crippen molar-refractivity contribution in [3.63, 3.8) is 0 Å². The molecular formula is C11H13N5O3. The Morgan fingerprint density at radius 1 is 1.58 bits per heavy atom. The summed E-state index contributed by atoms with van der Waals surface area (Å²) in [5.74, 6) is 0.474. The maximum atomic E-state index is 10.7. The van der Waals surface area contributed by atoms with Gasteiger partial charge in [0.2, 0.25) is 5.89 Å². The fourth-order valence-electron chi connectivity index (χ4n) is 1.48. The molecular weight excluding hydrogens is 250 g/mol. The van der Waals surface area contributed by atoms with Crippen LogP contribution in [0.5, 0.6) is 0 Å². The first-order valence-electron chi connectivity index (χ1n) is 5.58. The lowest BCUT2D eigenvalue weighted by atomic mass is 10.2. The summed E-state index contributed by atoms with van der Waals surface area (Å²) in [6.45, 7) is 2.23. The number of anilines is 2. The molecule has 8 heteroatoms. The highest BCUT2D eigenvalue weighted by Crippen LogP contribution is 2.16. The molecule has 0 aliphatic carbocycles. The van der Waals surface area contributed by atoms with Crippen LogP contribution >= 0.6 is 0 Å². The van der Waals surface area contributed by atoms with E-state index in [1.807, 2.05) is 0 Å². The van der Waals surface area contributed by atoms with Gasteiger partial charge in [0.15, 0.2) is 5.82 Å². The standard InChI is InChI=1S/C11H13N5O3/c1-6-15-9(16-19-6)2-3-13-10-8(12)4-7(5-14-10)11(17)18/h4-5H,2-3,12H2,1H3,(H,13,14)(H,17,18). The van der Waals surface area contributed by atoms with Gasteiger partial charge in [-0.3, -0.25) is 0 Å². The van der Waals surface area contributed by atoms with Gasteiger partial charge in [-0.05, 0) is 6.07 Å². The molecule has 4 N–H and O–H groups in total. The van der Waals surface area contributed by atoms with E-state index in [0.717, 1.165) is 0 Å². The van der Waals surface area contributed by atoms with Gasteiger partial charge in [0.05, 0.1) is 11.3 Å². The Morgan fingerprint density at radius 3 is 2.95 bits per heavy atom. The number of aromatic nitrogens is 3. The van der Waals surface area contributed by atoms with Crippen LogP contribution in [0.4, 0.5) is 11.5 Å². The number of aromatic carboxylic acids is 1. The van der Waals surface area contributed by atoms with E-state index >= 15 is 0 Å². The van der Waals surface area contributed by atoms with Crippen LogP contribution in [-0.4, -0.2) is 32.7 Å². The fraction of sp³-hybridized carbons (Fsp3) is 0.273. The lowest BCUT2D eigenvalue weighted by Crippen LogP contribution is -2.10. The van der Waals surface area contributed by atoms with Crippen molar-refractivity contribution < 1.29 is 14.4 Å². The first-order valence-corrected chi connectivity index (χ1v) is 5.58. The molecule has 100 valence electrons. The fourth-order valence-corrected chi connectivity index (χ4v) is 1.48. The maximum absolute atomic E-state index is 10.7. The van der Waals surface area contributed by atoms with Crippen molar-refractivity contribution >= 4 is 17.5 Å². The Labute approximate surface area is 108 Å². The van der Waals surface area contributed by atoms with Gasteiger partial charge >= 0.3 is 5.97 Å². The number of nitrogens with one attached hydrogen (secondary N) is 1. The highest BCUT2D eigenvalue weighted by Gasteiger charge is 2.08. The number of aryl methyl sites for hydroxylation is 1. The van der Waals surface area contributed by atoms with E-state index in [4.69, 9.17) is 15.4 Å². The Bertz CT molecular complexity index is 596. The molecule has 0 saturated heterocycles. The molecule has 0 radical (unpaired) electrons. The number of rotatable bonds is 5. The molecule has 2 rings (SSSR count). The first-order chi connectivity index (χ1) is 9.06. The number of hydrogen-bond acceptors (Lipinski definition) is 7. The molecule has 19 heavy (non-hydrogen) atoms. The SMILES string of the molecule is Cc1nc(CCNc2ncc(C(=O)O)cc2N)no1. The van der Waals surface area contributed by atoms with Crippen molar-refractivity contribution in [2.24, 2.45) is 0 Å². The van der Waals surface area contributed by atoms with Crippen LogP contribution in [0, 0.1) is 6.92 Å². The van der Waals surface area contributed by atoms with E-state index in [1.165, 1.54) is 12.3 Å². The van der Waals surface area contributed by atoms with Gasteiger partial charge in [-0.25, -0.2) is 9.78 Å². The molecule has 0 aliphatic rings. The van der Waals surface area contributed by atoms with Crippen molar-refractivity contribution in [2.75, 3.05) is 17.6 Å². The molecule has 2 aromatic heterocycles. The van der Waals surface area contributed by atoms with Crippen LogP contribution < -0.4 is 11.1 Å². The minimum Gasteiger partial charge on any atom is -0.478 e. The average molecular weight is 263 g/mol. The molecule has 0 spiro atoms. The lowest BCUT2D eigenvalue weighted by Gasteiger charge is -2.07. The number of nitrogens with zero attached hydrogens (tertiary/aromatic N) is 3. The largest absolute Gasteiger partial charge is 0.478 e. The predicted octanol–water partition coefficient (Wildman–Crippen LogP) is 0.708. The van der Waals surface area contributed by atoms with Crippen molar-refractivity contribution in [1.29, 1.82) is 0 Å². The summed E-state index contributed by atoms with van der Waals surface area (Å²) in [6, 6.07) is 1.36. The smallest absolute Gasteiger partial charge is 0.337 e. The second-order valence-electron chi connectivity index (χ2n) is 3.87. The number of hydrogen-bond donors (Lipinski definition) is 3. The zero-order valence-electron chi connectivity index (χ0n) is 10.3. The van der Waals surface area contributed by atoms with Gasteiger partial charge in [0, 0.05) is 26.1 Å². The molecule has 0 unspecified atom stereocenters. The van der Waals surface area contributed by atoms with Crippen LogP contribution in [0.25, 0.3) is 0 Å². The predicted molar refractivity (Wildman–Crippen MR) is 66.8 cm³/mol. The summed E-state index contributed by atoms with van der Waals surface area (Å²) in [5, 5.41) is 15.5. The summed E-state index contributed by atoms with van der Waals surface area (Å²) < 4.78 is 4.84. The van der Waals surface area contributed by atoms with Gasteiger partial charge in [-0.2, -0.15) is 4.98 Å². The number of pyridine rings is 1. The average Bonchev–Trinajstić information content (AvgIpc) is 2.77. The zero-order chi connectivity index (χ0) is 13.8. The summed E-state index contributed by atoms with van der Waals surface area (Å²) >= 11 is 0. The number of nitrogens with two attached hydrogens (primary N) is 1. The number of carbonyl (C=O) groups is 1. The third-order valence-electron chi connectivity index (χ3n) is 2.37. The Hall–Kier alpha value is -2.64. The molecule has 8 nitrogen and oxygen atoms in total. The highest BCUT2D eigenvalue weighted by atomic mass is 16.5. The van der Waals surface area contributed by atoms with Gasteiger partial charge in [-0.1, -0.05) is 5.16 Å². The molecule has 0 aliphatic heterocycles. The van der Waals surface area contributed by atoms with Crippen LogP contribution in [0.1, 0.15) is 22.1 Å². The minimum absolute atomic E-state index is 0.0526. The minimum atomic E-state index is -1.06. The van der Waals surface area contributed by atoms with Gasteiger partial charge in [-0.15, -0.1) is 0 Å². The normalized spacial score (nSPS) is 10.4. The monoisotopic (exact) mass is 263 g/mol. The van der Waals surface area contributed by atoms with Gasteiger partial charge in [0.25, 0.3) is 0 Å². The zero-order valence-corrected chi connectivity index (χ0v) is 10.3. The Kier molecular flexibility index (Phi) is 3.60. The molecule has 0 aromatic carbocycles. The number of nitrogen functional groups attached to an aromatic ring is 1. The number of carboxylic acids is 1. The molecule has 0 amide bonds. The molecule has 0 bridgehead atoms. The third kappa shape index (κ3) is 3.18. The van der Waals surface area contributed by atoms with Crippen molar-refractivity contribution in [3.8, 4) is 0 Å². The number of carboxylic acid groups (broad SMARTS) is 1. The molecule has 0 fully saturated rings. The molecule has 0 atom stereocenters. The van der Waals surface area contributed by atoms with Crippen LogP contribution in [0.3, 0.4) is 0 Å². The van der Waals surface area contributed by atoms with Crippen LogP contribution in [0.15, 0.2) is 16.8 Å². The topological polar surface area (TPSA) is 127 Å². The molecule has 2 aromatic rings. The quantitative estimate of drug-likeness (QED) is 0.719. The summed E-state index contributed by atoms with van der Waals surface area (Å²) in [7, 11) is 0. The first kappa shape index (κ1) is 12.8. The second kappa shape index (κ2) is 5.34. The van der Waals surface area contributed by atoms with Crippen molar-refractivity contribution in [2.45, 2.75) is 13.3 Å². The van der Waals surface area contributed by atoms with E-state index in [1.54, 1.807) is 6.92 Å². The van der Waals surface area contributed by atoms with E-state index in [9.17, 15) is 4.79 Å². The summed E-state index contributed by atoms with van der Waals surface area (Å²) in [5.41, 5.74) is 6.04. The Balaban J connectivity index is 1.94. The summed E-state index contributed by atoms with van der Waals surface area (Å²) in [4.78, 5) is 18.7. The van der Waals surface area contributed by atoms with E-state index in [-0.39, 0.29) is 11.3 Å². The molecule has 2 heterocycles. The van der Waals surface area contributed by atoms with E-state index in [2.05, 4.69) is 20.4 Å². The van der Waals surface area contributed by atoms with Crippen molar-refractivity contribution in [1.82, 2.24) is 15.1 Å². The Morgan fingerprint density at radius 2 is 2.37 bits per heavy atom. The van der Waals surface area contributed by atoms with E-state index in [0.29, 0.717) is 30.5 Å². The maximum Gasteiger partial charge on any atom is 0.337 e. The van der Waals surface area contributed by atoms with Crippen molar-refractivity contribution in [3.05, 3.63) is 29.5 Å². The lowest BCUT2D eigenvalue weighted by molar-refractivity contribution is 0.0696. The van der Waals surface area contributed by atoms with Crippen LogP contribution in [0.2, 0.25) is 0 Å². The second-order valence-corrected chi connectivity index (χ2v) is 3.87. The summed E-state index contributed by atoms with van der Waals surface area (Å²) in [6.07, 6.45) is 1.80. The van der Waals surface area contributed by atoms with Gasteiger partial charge < -0.3 is 20.7 Å².